The molecule has 1 heteroatoms. The fourth-order valence-corrected chi connectivity index (χ4v) is 1.44. The molecule has 0 spiro atoms. The summed E-state index contributed by atoms with van der Waals surface area (Å²) in [6.07, 6.45) is 8.08. The molecule has 2 fully saturated rings. The van der Waals surface area contributed by atoms with Crippen LogP contribution in [0.1, 0.15) is 25.7 Å². The third-order valence-electron chi connectivity index (χ3n) is 2.55. The summed E-state index contributed by atoms with van der Waals surface area (Å²) in [6, 6.07) is 1.80. The summed E-state index contributed by atoms with van der Waals surface area (Å²) in [7, 11) is 2.26. The third kappa shape index (κ3) is 0.983. The van der Waals surface area contributed by atoms with Gasteiger partial charge in [-0.1, -0.05) is 0 Å². The molecule has 1 unspecified atom stereocenters. The molecule has 0 aromatic heterocycles. The Morgan fingerprint density at radius 3 is 2.33 bits per heavy atom. The normalized spacial score (nSPS) is 28.7. The lowest BCUT2D eigenvalue weighted by atomic mass is 9.92. The van der Waals surface area contributed by atoms with Crippen molar-refractivity contribution >= 4 is 0 Å². The van der Waals surface area contributed by atoms with E-state index in [4.69, 9.17) is 0 Å². The lowest BCUT2D eigenvalue weighted by Crippen LogP contribution is -2.38. The molecule has 0 saturated heterocycles. The number of nitrogens with zero attached hydrogens (tertiary/aromatic N) is 1. The molecule has 1 nitrogen and oxygen atoms in total. The lowest BCUT2D eigenvalue weighted by Gasteiger charge is -2.34. The highest BCUT2D eigenvalue weighted by Crippen LogP contribution is 2.33. The largest absolute Gasteiger partial charge is 0.300 e. The van der Waals surface area contributed by atoms with E-state index in [0.717, 1.165) is 12.1 Å². The Hall–Kier alpha value is -0.0400. The fraction of sp³-hybridized carbons (Fsp3) is 0.875. The van der Waals surface area contributed by atoms with Crippen molar-refractivity contribution in [1.82, 2.24) is 4.90 Å². The van der Waals surface area contributed by atoms with Gasteiger partial charge in [-0.15, -0.1) is 0 Å². The average Bonchev–Trinajstić information content (AvgIpc) is 2.37. The predicted molar refractivity (Wildman–Crippen MR) is 38.1 cm³/mol. The Bertz CT molecular complexity index is 103. The second-order valence-corrected chi connectivity index (χ2v) is 3.28. The summed E-state index contributed by atoms with van der Waals surface area (Å²) in [4.78, 5) is 2.53. The van der Waals surface area contributed by atoms with Gasteiger partial charge in [0.1, 0.15) is 0 Å². The standard InChI is InChI=1S/C8H14N/c1-9(8-5-6-8)7-3-2-4-7/h3,7-8H,2,4-6H2,1H3. The monoisotopic (exact) mass is 124 g/mol. The van der Waals surface area contributed by atoms with Crippen molar-refractivity contribution < 1.29 is 0 Å². The summed E-state index contributed by atoms with van der Waals surface area (Å²) >= 11 is 0. The molecule has 2 saturated carbocycles. The van der Waals surface area contributed by atoms with Crippen LogP contribution in [0, 0.1) is 6.42 Å². The van der Waals surface area contributed by atoms with Crippen LogP contribution < -0.4 is 0 Å². The van der Waals surface area contributed by atoms with E-state index in [1.54, 1.807) is 0 Å². The summed E-state index contributed by atoms with van der Waals surface area (Å²) in [6.45, 7) is 0. The first-order valence-corrected chi connectivity index (χ1v) is 3.93. The molecule has 0 aromatic carbocycles. The topological polar surface area (TPSA) is 3.24 Å². The van der Waals surface area contributed by atoms with Gasteiger partial charge in [-0.3, -0.25) is 0 Å². The van der Waals surface area contributed by atoms with E-state index < -0.39 is 0 Å². The molecule has 51 valence electrons. The van der Waals surface area contributed by atoms with Crippen LogP contribution in [0.4, 0.5) is 0 Å². The van der Waals surface area contributed by atoms with Gasteiger partial charge in [0.15, 0.2) is 0 Å². The predicted octanol–water partition coefficient (Wildman–Crippen LogP) is 1.45. The van der Waals surface area contributed by atoms with Crippen LogP contribution in [-0.2, 0) is 0 Å². The quantitative estimate of drug-likeness (QED) is 0.538. The van der Waals surface area contributed by atoms with Gasteiger partial charge in [0.2, 0.25) is 0 Å². The molecule has 0 amide bonds. The minimum absolute atomic E-state index is 0.845. The van der Waals surface area contributed by atoms with Crippen molar-refractivity contribution in [2.75, 3.05) is 7.05 Å². The van der Waals surface area contributed by atoms with E-state index in [1.807, 2.05) is 0 Å². The van der Waals surface area contributed by atoms with Crippen LogP contribution in [0.15, 0.2) is 0 Å². The average molecular weight is 124 g/mol. The van der Waals surface area contributed by atoms with Crippen LogP contribution in [0.2, 0.25) is 0 Å². The van der Waals surface area contributed by atoms with Crippen LogP contribution in [0.3, 0.4) is 0 Å². The van der Waals surface area contributed by atoms with Crippen LogP contribution >= 0.6 is 0 Å². The van der Waals surface area contributed by atoms with E-state index in [0.29, 0.717) is 0 Å². The van der Waals surface area contributed by atoms with Crippen LogP contribution in [0.25, 0.3) is 0 Å². The molecule has 2 aliphatic rings. The summed E-state index contributed by atoms with van der Waals surface area (Å²) in [5.41, 5.74) is 0. The third-order valence-corrected chi connectivity index (χ3v) is 2.55. The highest BCUT2D eigenvalue weighted by atomic mass is 15.2. The van der Waals surface area contributed by atoms with Crippen LogP contribution in [0.5, 0.6) is 0 Å². The van der Waals surface area contributed by atoms with Gasteiger partial charge in [-0.2, -0.15) is 0 Å². The second-order valence-electron chi connectivity index (χ2n) is 3.28. The van der Waals surface area contributed by atoms with E-state index in [-0.39, 0.29) is 0 Å². The van der Waals surface area contributed by atoms with Crippen molar-refractivity contribution in [1.29, 1.82) is 0 Å². The Labute approximate surface area is 57.0 Å². The fourth-order valence-electron chi connectivity index (χ4n) is 1.44. The van der Waals surface area contributed by atoms with Crippen molar-refractivity contribution in [3.8, 4) is 0 Å². The first kappa shape index (κ1) is 5.72. The van der Waals surface area contributed by atoms with Gasteiger partial charge >= 0.3 is 0 Å². The van der Waals surface area contributed by atoms with Crippen molar-refractivity contribution in [2.24, 2.45) is 0 Å². The molecule has 9 heavy (non-hydrogen) atoms. The molecule has 2 aliphatic carbocycles. The summed E-state index contributed by atoms with van der Waals surface area (Å²) in [5.74, 6) is 0. The first-order valence-electron chi connectivity index (χ1n) is 3.93. The molecule has 0 heterocycles. The van der Waals surface area contributed by atoms with Gasteiger partial charge in [-0.25, -0.2) is 0 Å². The Morgan fingerprint density at radius 1 is 1.33 bits per heavy atom. The summed E-state index contributed by atoms with van der Waals surface area (Å²) in [5, 5.41) is 0. The molecule has 0 bridgehead atoms. The highest BCUT2D eigenvalue weighted by molar-refractivity contribution is 4.99. The molecule has 1 atom stereocenters. The van der Waals surface area contributed by atoms with Gasteiger partial charge in [0.25, 0.3) is 0 Å². The number of hydrogen-bond donors (Lipinski definition) is 0. The zero-order valence-corrected chi connectivity index (χ0v) is 6.01. The molecular formula is C8H14N. The molecule has 1 radical (unpaired) electrons. The maximum Gasteiger partial charge on any atom is 0.0127 e. The molecule has 0 aromatic rings. The zero-order chi connectivity index (χ0) is 6.27. The molecular weight excluding hydrogens is 110 g/mol. The number of rotatable bonds is 2. The first-order chi connectivity index (χ1) is 4.38. The zero-order valence-electron chi connectivity index (χ0n) is 6.01. The van der Waals surface area contributed by atoms with E-state index in [1.165, 1.54) is 25.7 Å². The lowest BCUT2D eigenvalue weighted by molar-refractivity contribution is 0.205. The SMILES string of the molecule is CN(C1[CH]CC1)C1CC1. The van der Waals surface area contributed by atoms with E-state index in [2.05, 4.69) is 18.4 Å². The number of hydrogen-bond acceptors (Lipinski definition) is 1. The van der Waals surface area contributed by atoms with Gasteiger partial charge in [0.05, 0.1) is 0 Å². The van der Waals surface area contributed by atoms with Gasteiger partial charge < -0.3 is 4.90 Å². The molecule has 2 rings (SSSR count). The Morgan fingerprint density at radius 2 is 2.00 bits per heavy atom. The van der Waals surface area contributed by atoms with Gasteiger partial charge in [0, 0.05) is 12.1 Å². The van der Waals surface area contributed by atoms with Crippen molar-refractivity contribution in [3.05, 3.63) is 6.42 Å². The maximum absolute atomic E-state index is 2.53. The van der Waals surface area contributed by atoms with Crippen molar-refractivity contribution in [3.63, 3.8) is 0 Å². The van der Waals surface area contributed by atoms with Crippen molar-refractivity contribution in [2.45, 2.75) is 37.8 Å². The smallest absolute Gasteiger partial charge is 0.0127 e. The van der Waals surface area contributed by atoms with E-state index >= 15 is 0 Å². The minimum atomic E-state index is 0.845. The highest BCUT2D eigenvalue weighted by Gasteiger charge is 2.33. The van der Waals surface area contributed by atoms with Crippen LogP contribution in [-0.4, -0.2) is 24.0 Å². The Balaban J connectivity index is 1.81. The molecule has 0 N–H and O–H groups in total. The molecule has 0 aliphatic heterocycles. The van der Waals surface area contributed by atoms with E-state index in [9.17, 15) is 0 Å². The second kappa shape index (κ2) is 1.98. The summed E-state index contributed by atoms with van der Waals surface area (Å²) < 4.78 is 0. The van der Waals surface area contributed by atoms with Gasteiger partial charge in [-0.05, 0) is 39.2 Å². The Kier molecular flexibility index (Phi) is 1.26. The maximum atomic E-state index is 2.53. The minimum Gasteiger partial charge on any atom is -0.300 e.